The third kappa shape index (κ3) is 4.43. The van der Waals surface area contributed by atoms with Crippen LogP contribution in [0.1, 0.15) is 39.5 Å². The van der Waals surface area contributed by atoms with Gasteiger partial charge in [0, 0.05) is 30.6 Å². The van der Waals surface area contributed by atoms with E-state index in [1.807, 2.05) is 7.05 Å². The van der Waals surface area contributed by atoms with Crippen LogP contribution in [-0.2, 0) is 9.47 Å². The van der Waals surface area contributed by atoms with Crippen molar-refractivity contribution in [3.8, 4) is 0 Å². The molecule has 0 aromatic heterocycles. The number of rotatable bonds is 4. The monoisotopic (exact) mass is 397 g/mol. The van der Waals surface area contributed by atoms with Crippen LogP contribution < -0.4 is 26.6 Å². The number of nitrogens with one attached hydrogen (secondary N) is 5. The van der Waals surface area contributed by atoms with E-state index in [0.717, 1.165) is 25.8 Å². The Morgan fingerprint density at radius 2 is 2.00 bits per heavy atom. The van der Waals surface area contributed by atoms with Gasteiger partial charge >= 0.3 is 0 Å². The molecule has 8 heteroatoms. The summed E-state index contributed by atoms with van der Waals surface area (Å²) < 4.78 is 27.6. The predicted octanol–water partition coefficient (Wildman–Crippen LogP) is 0.543. The largest absolute Gasteiger partial charge is 0.349 e. The van der Waals surface area contributed by atoms with Gasteiger partial charge in [0.15, 0.2) is 0 Å². The minimum atomic E-state index is -1.00. The van der Waals surface area contributed by atoms with Crippen LogP contribution in [0.25, 0.3) is 0 Å². The first-order valence-electron chi connectivity index (χ1n) is 10.8. The second-order valence-corrected chi connectivity index (χ2v) is 8.80. The summed E-state index contributed by atoms with van der Waals surface area (Å²) in [6, 6.07) is 0.524. The molecule has 4 rings (SSSR count). The fourth-order valence-electron chi connectivity index (χ4n) is 5.15. The van der Waals surface area contributed by atoms with Crippen LogP contribution in [0.15, 0.2) is 11.6 Å². The van der Waals surface area contributed by atoms with Crippen molar-refractivity contribution in [2.45, 2.75) is 88.5 Å². The molecule has 7 nitrogen and oxygen atoms in total. The molecule has 4 aliphatic rings. The summed E-state index contributed by atoms with van der Waals surface area (Å²) in [4.78, 5) is 0. The highest BCUT2D eigenvalue weighted by Crippen LogP contribution is 2.41. The van der Waals surface area contributed by atoms with Crippen LogP contribution in [0.2, 0.25) is 0 Å². The van der Waals surface area contributed by atoms with Gasteiger partial charge in [-0.3, -0.25) is 16.0 Å². The maximum absolute atomic E-state index is 15.9. The molecule has 8 unspecified atom stereocenters. The molecule has 3 heterocycles. The van der Waals surface area contributed by atoms with Gasteiger partial charge in [-0.05, 0) is 46.6 Å². The lowest BCUT2D eigenvalue weighted by molar-refractivity contribution is -0.0114. The number of alkyl halides is 1. The molecular weight excluding hydrogens is 361 g/mol. The lowest BCUT2D eigenvalue weighted by Gasteiger charge is -2.44. The average molecular weight is 398 g/mol. The smallest absolute Gasteiger partial charge is 0.147 e. The van der Waals surface area contributed by atoms with E-state index < -0.39 is 6.17 Å². The van der Waals surface area contributed by atoms with Crippen molar-refractivity contribution >= 4 is 0 Å². The summed E-state index contributed by atoms with van der Waals surface area (Å²) >= 11 is 0. The molecule has 28 heavy (non-hydrogen) atoms. The molecule has 0 aromatic carbocycles. The van der Waals surface area contributed by atoms with Gasteiger partial charge in [0.2, 0.25) is 0 Å². The number of hydrogen-bond acceptors (Lipinski definition) is 7. The van der Waals surface area contributed by atoms with Gasteiger partial charge in [-0.2, -0.15) is 0 Å². The van der Waals surface area contributed by atoms with Crippen molar-refractivity contribution in [2.24, 2.45) is 5.92 Å². The zero-order chi connectivity index (χ0) is 19.7. The summed E-state index contributed by atoms with van der Waals surface area (Å²) in [6.07, 6.45) is 4.58. The van der Waals surface area contributed by atoms with Crippen molar-refractivity contribution in [3.05, 3.63) is 11.6 Å². The highest BCUT2D eigenvalue weighted by molar-refractivity contribution is 5.19. The van der Waals surface area contributed by atoms with Crippen LogP contribution in [0.4, 0.5) is 4.39 Å². The Bertz CT molecular complexity index is 565. The van der Waals surface area contributed by atoms with Crippen LogP contribution in [0.5, 0.6) is 0 Å². The van der Waals surface area contributed by atoms with Crippen molar-refractivity contribution < 1.29 is 13.9 Å². The third-order valence-electron chi connectivity index (χ3n) is 6.74. The first-order chi connectivity index (χ1) is 13.5. The van der Waals surface area contributed by atoms with E-state index in [9.17, 15) is 0 Å². The fraction of sp³-hybridized carbons (Fsp3) is 0.900. The zero-order valence-electron chi connectivity index (χ0n) is 17.2. The first kappa shape index (κ1) is 20.7. The Morgan fingerprint density at radius 3 is 2.82 bits per heavy atom. The van der Waals surface area contributed by atoms with Gasteiger partial charge in [0.1, 0.15) is 19.3 Å². The summed E-state index contributed by atoms with van der Waals surface area (Å²) in [5, 5.41) is 17.2. The van der Waals surface area contributed by atoms with Gasteiger partial charge in [0.25, 0.3) is 0 Å². The molecule has 5 N–H and O–H groups in total. The molecule has 2 saturated heterocycles. The van der Waals surface area contributed by atoms with Gasteiger partial charge in [-0.25, -0.2) is 4.39 Å². The minimum Gasteiger partial charge on any atom is -0.349 e. The summed E-state index contributed by atoms with van der Waals surface area (Å²) in [5.41, 5.74) is 1.18. The van der Waals surface area contributed by atoms with Gasteiger partial charge in [-0.15, -0.1) is 0 Å². The van der Waals surface area contributed by atoms with Crippen molar-refractivity contribution in [1.82, 2.24) is 26.6 Å². The third-order valence-corrected chi connectivity index (χ3v) is 6.74. The molecule has 0 spiro atoms. The van der Waals surface area contributed by atoms with Crippen molar-refractivity contribution in [3.63, 3.8) is 0 Å². The Morgan fingerprint density at radius 1 is 1.14 bits per heavy atom. The van der Waals surface area contributed by atoms with Crippen LogP contribution >= 0.6 is 0 Å². The molecular formula is C20H36FN5O2. The SMILES string of the molecule is CNC1CC(C)NC(NC2CC3OCOC3C(C3=CCN[C@@H](C)CC3)C2F)N1. The Labute approximate surface area is 167 Å². The molecule has 0 radical (unpaired) electrons. The average Bonchev–Trinajstić information content (AvgIpc) is 3.02. The normalized spacial score (nSPS) is 47.3. The van der Waals surface area contributed by atoms with Gasteiger partial charge in [-0.1, -0.05) is 11.6 Å². The molecule has 0 aromatic rings. The molecule has 0 amide bonds. The van der Waals surface area contributed by atoms with Gasteiger partial charge in [0.05, 0.1) is 18.4 Å². The van der Waals surface area contributed by atoms with E-state index >= 15 is 4.39 Å². The number of hydrogen-bond donors (Lipinski definition) is 5. The van der Waals surface area contributed by atoms with E-state index in [4.69, 9.17) is 9.47 Å². The number of halogens is 1. The van der Waals surface area contributed by atoms with Crippen LogP contribution in [-0.4, -0.2) is 69.3 Å². The molecule has 1 saturated carbocycles. The van der Waals surface area contributed by atoms with Crippen molar-refractivity contribution in [2.75, 3.05) is 20.4 Å². The summed E-state index contributed by atoms with van der Waals surface area (Å²) in [7, 11) is 1.95. The van der Waals surface area contributed by atoms with Crippen molar-refractivity contribution in [1.29, 1.82) is 0 Å². The maximum Gasteiger partial charge on any atom is 0.147 e. The zero-order valence-corrected chi connectivity index (χ0v) is 17.2. The first-order valence-corrected chi connectivity index (χ1v) is 10.8. The quantitative estimate of drug-likeness (QED) is 0.443. The second-order valence-electron chi connectivity index (χ2n) is 8.80. The highest BCUT2D eigenvalue weighted by Gasteiger charge is 2.50. The van der Waals surface area contributed by atoms with Crippen LogP contribution in [0.3, 0.4) is 0 Å². The molecule has 3 aliphatic heterocycles. The molecule has 1 aliphatic carbocycles. The highest BCUT2D eigenvalue weighted by atomic mass is 19.1. The second kappa shape index (κ2) is 9.04. The standard InChI is InChI=1S/C20H36FN5O2/c1-11-4-5-13(6-7-23-11)17-18(21)14(9-15-19(17)28-10-27-15)25-20-24-12(2)8-16(22-3)26-20/h6,11-12,14-20,22-26H,4-5,7-10H2,1-3H3/t11-,12?,14?,15?,16?,17?,18?,19?,20?/m0/s1. The molecule has 9 atom stereocenters. The fourth-order valence-corrected chi connectivity index (χ4v) is 5.15. The predicted molar refractivity (Wildman–Crippen MR) is 106 cm³/mol. The minimum absolute atomic E-state index is 0.0508. The maximum atomic E-state index is 15.9. The number of ether oxygens (including phenoxy) is 2. The lowest BCUT2D eigenvalue weighted by atomic mass is 9.74. The van der Waals surface area contributed by atoms with Crippen LogP contribution in [0, 0.1) is 5.92 Å². The van der Waals surface area contributed by atoms with E-state index in [-0.39, 0.29) is 43.4 Å². The summed E-state index contributed by atoms with van der Waals surface area (Å²) in [5.74, 6) is -0.244. The molecule has 0 bridgehead atoms. The topological polar surface area (TPSA) is 78.6 Å². The van der Waals surface area contributed by atoms with E-state index in [1.54, 1.807) is 0 Å². The molecule has 160 valence electrons. The Kier molecular flexibility index (Phi) is 6.67. The molecule has 3 fully saturated rings. The van der Waals surface area contributed by atoms with E-state index in [2.05, 4.69) is 46.5 Å². The number of fused-ring (bicyclic) bond motifs is 1. The van der Waals surface area contributed by atoms with E-state index in [1.165, 1.54) is 5.57 Å². The van der Waals surface area contributed by atoms with Gasteiger partial charge < -0.3 is 20.1 Å². The van der Waals surface area contributed by atoms with E-state index in [0.29, 0.717) is 18.5 Å². The lowest BCUT2D eigenvalue weighted by Crippen LogP contribution is -2.69. The summed E-state index contributed by atoms with van der Waals surface area (Å²) in [6.45, 7) is 5.41. The Balaban J connectivity index is 1.48. The Hall–Kier alpha value is -0.610.